The Kier molecular flexibility index (Phi) is 5.86. The van der Waals surface area contributed by atoms with Crippen molar-refractivity contribution in [2.24, 2.45) is 5.14 Å². The van der Waals surface area contributed by atoms with E-state index in [1.807, 2.05) is 13.8 Å². The largest absolute Gasteiger partial charge is 0.350 e. The average molecular weight is 316 g/mol. The number of rotatable bonds is 6. The summed E-state index contributed by atoms with van der Waals surface area (Å²) >= 11 is 0. The standard InChI is InChI=1S/C14H21FN2O3S/c1-4-5-6-9(2)17-14(18)12-7-11(15)8-13(10(12)3)21(16,19)20/h7-9H,4-6H2,1-3H3,(H,17,18)(H2,16,19,20). The van der Waals surface area contributed by atoms with E-state index in [0.717, 1.165) is 31.4 Å². The number of benzene rings is 1. The molecular formula is C14H21FN2O3S. The highest BCUT2D eigenvalue weighted by Crippen LogP contribution is 2.20. The number of sulfonamides is 1. The molecule has 0 spiro atoms. The normalized spacial score (nSPS) is 13.0. The SMILES string of the molecule is CCCCC(C)NC(=O)c1cc(F)cc(S(N)(=O)=O)c1C. The van der Waals surface area contributed by atoms with Crippen LogP contribution in [0.2, 0.25) is 0 Å². The Labute approximate surface area is 124 Å². The Hall–Kier alpha value is -1.47. The van der Waals surface area contributed by atoms with Crippen LogP contribution in [0.25, 0.3) is 0 Å². The molecule has 0 aliphatic heterocycles. The third-order valence-corrected chi connectivity index (χ3v) is 4.28. The van der Waals surface area contributed by atoms with E-state index < -0.39 is 21.7 Å². The van der Waals surface area contributed by atoms with Crippen LogP contribution in [0.15, 0.2) is 17.0 Å². The third-order valence-electron chi connectivity index (χ3n) is 3.24. The number of unbranched alkanes of at least 4 members (excludes halogenated alkanes) is 1. The minimum absolute atomic E-state index is 0.0117. The summed E-state index contributed by atoms with van der Waals surface area (Å²) in [5.74, 6) is -1.31. The fraction of sp³-hybridized carbons (Fsp3) is 0.500. The van der Waals surface area contributed by atoms with E-state index >= 15 is 0 Å². The summed E-state index contributed by atoms with van der Waals surface area (Å²) < 4.78 is 36.4. The van der Waals surface area contributed by atoms with Gasteiger partial charge in [-0.1, -0.05) is 19.8 Å². The van der Waals surface area contributed by atoms with Crippen molar-refractivity contribution in [1.82, 2.24) is 5.32 Å². The number of primary sulfonamides is 1. The van der Waals surface area contributed by atoms with Gasteiger partial charge in [-0.05, 0) is 38.0 Å². The number of hydrogen-bond acceptors (Lipinski definition) is 3. The first-order chi connectivity index (χ1) is 9.66. The van der Waals surface area contributed by atoms with Crippen LogP contribution in [0.3, 0.4) is 0 Å². The zero-order valence-electron chi connectivity index (χ0n) is 12.4. The minimum Gasteiger partial charge on any atom is -0.350 e. The maximum absolute atomic E-state index is 13.5. The summed E-state index contributed by atoms with van der Waals surface area (Å²) in [6.45, 7) is 5.33. The van der Waals surface area contributed by atoms with Gasteiger partial charge in [-0.25, -0.2) is 17.9 Å². The number of nitrogens with two attached hydrogens (primary N) is 1. The smallest absolute Gasteiger partial charge is 0.251 e. The number of nitrogens with one attached hydrogen (secondary N) is 1. The molecule has 1 aromatic rings. The number of halogens is 1. The van der Waals surface area contributed by atoms with Crippen LogP contribution in [0.1, 0.15) is 49.0 Å². The molecule has 5 nitrogen and oxygen atoms in total. The van der Waals surface area contributed by atoms with Gasteiger partial charge in [0, 0.05) is 11.6 Å². The predicted octanol–water partition coefficient (Wildman–Crippen LogP) is 2.09. The van der Waals surface area contributed by atoms with Crippen LogP contribution in [0.4, 0.5) is 4.39 Å². The quantitative estimate of drug-likeness (QED) is 0.842. The van der Waals surface area contributed by atoms with Crippen molar-refractivity contribution in [3.05, 3.63) is 29.1 Å². The monoisotopic (exact) mass is 316 g/mol. The summed E-state index contributed by atoms with van der Waals surface area (Å²) in [6, 6.07) is 1.77. The van der Waals surface area contributed by atoms with Crippen molar-refractivity contribution < 1.29 is 17.6 Å². The third kappa shape index (κ3) is 4.78. The fourth-order valence-corrected chi connectivity index (χ4v) is 2.88. The van der Waals surface area contributed by atoms with Crippen molar-refractivity contribution in [3.8, 4) is 0 Å². The topological polar surface area (TPSA) is 89.3 Å². The van der Waals surface area contributed by atoms with E-state index in [1.165, 1.54) is 6.92 Å². The Balaban J connectivity index is 3.08. The highest BCUT2D eigenvalue weighted by Gasteiger charge is 2.20. The van der Waals surface area contributed by atoms with Crippen molar-refractivity contribution in [3.63, 3.8) is 0 Å². The lowest BCUT2D eigenvalue weighted by atomic mass is 10.1. The molecule has 3 N–H and O–H groups in total. The molecule has 0 aromatic heterocycles. The lowest BCUT2D eigenvalue weighted by Crippen LogP contribution is -2.33. The van der Waals surface area contributed by atoms with Gasteiger partial charge in [-0.3, -0.25) is 4.79 Å². The lowest BCUT2D eigenvalue weighted by molar-refractivity contribution is 0.0936. The first kappa shape index (κ1) is 17.6. The Morgan fingerprint density at radius 2 is 2.05 bits per heavy atom. The number of carbonyl (C=O) groups excluding carboxylic acids is 1. The van der Waals surface area contributed by atoms with Crippen LogP contribution in [-0.4, -0.2) is 20.4 Å². The van der Waals surface area contributed by atoms with Crippen molar-refractivity contribution >= 4 is 15.9 Å². The number of amides is 1. The van der Waals surface area contributed by atoms with E-state index in [1.54, 1.807) is 0 Å². The van der Waals surface area contributed by atoms with E-state index in [9.17, 15) is 17.6 Å². The van der Waals surface area contributed by atoms with Gasteiger partial charge < -0.3 is 5.32 Å². The van der Waals surface area contributed by atoms with Crippen molar-refractivity contribution in [2.75, 3.05) is 0 Å². The zero-order chi connectivity index (χ0) is 16.2. The molecule has 1 atom stereocenters. The maximum atomic E-state index is 13.5. The molecule has 0 aliphatic rings. The molecule has 0 fully saturated rings. The summed E-state index contributed by atoms with van der Waals surface area (Å²) in [6.07, 6.45) is 2.78. The summed E-state index contributed by atoms with van der Waals surface area (Å²) in [7, 11) is -4.07. The molecule has 0 saturated carbocycles. The highest BCUT2D eigenvalue weighted by atomic mass is 32.2. The van der Waals surface area contributed by atoms with Crippen LogP contribution in [0.5, 0.6) is 0 Å². The second-order valence-electron chi connectivity index (χ2n) is 5.14. The molecule has 0 saturated heterocycles. The Morgan fingerprint density at radius 3 is 2.57 bits per heavy atom. The first-order valence-corrected chi connectivity index (χ1v) is 8.35. The van der Waals surface area contributed by atoms with Gasteiger partial charge in [0.2, 0.25) is 10.0 Å². The van der Waals surface area contributed by atoms with E-state index in [-0.39, 0.29) is 22.1 Å². The second kappa shape index (κ2) is 7.00. The first-order valence-electron chi connectivity index (χ1n) is 6.80. The molecule has 21 heavy (non-hydrogen) atoms. The van der Waals surface area contributed by atoms with Gasteiger partial charge >= 0.3 is 0 Å². The molecule has 1 aromatic carbocycles. The fourth-order valence-electron chi connectivity index (χ4n) is 2.07. The molecule has 118 valence electrons. The van der Waals surface area contributed by atoms with E-state index in [0.29, 0.717) is 0 Å². The molecule has 0 radical (unpaired) electrons. The predicted molar refractivity (Wildman–Crippen MR) is 79.0 cm³/mol. The molecule has 7 heteroatoms. The minimum atomic E-state index is -4.07. The van der Waals surface area contributed by atoms with Gasteiger partial charge in [0.1, 0.15) is 5.82 Å². The molecular weight excluding hydrogens is 295 g/mol. The van der Waals surface area contributed by atoms with Crippen LogP contribution >= 0.6 is 0 Å². The lowest BCUT2D eigenvalue weighted by Gasteiger charge is -2.15. The van der Waals surface area contributed by atoms with Gasteiger partial charge in [-0.2, -0.15) is 0 Å². The van der Waals surface area contributed by atoms with Crippen LogP contribution in [-0.2, 0) is 10.0 Å². The van der Waals surface area contributed by atoms with Gasteiger partial charge in [-0.15, -0.1) is 0 Å². The summed E-state index contributed by atoms with van der Waals surface area (Å²) in [5, 5.41) is 7.77. The highest BCUT2D eigenvalue weighted by molar-refractivity contribution is 7.89. The molecule has 1 amide bonds. The molecule has 0 bridgehead atoms. The van der Waals surface area contributed by atoms with E-state index in [2.05, 4.69) is 5.32 Å². The molecule has 1 unspecified atom stereocenters. The molecule has 1 rings (SSSR count). The van der Waals surface area contributed by atoms with Crippen LogP contribution in [0, 0.1) is 12.7 Å². The van der Waals surface area contributed by atoms with Crippen LogP contribution < -0.4 is 10.5 Å². The molecule has 0 aliphatic carbocycles. The van der Waals surface area contributed by atoms with E-state index in [4.69, 9.17) is 5.14 Å². The maximum Gasteiger partial charge on any atom is 0.251 e. The Bertz CT molecular complexity index is 629. The molecule has 0 heterocycles. The van der Waals surface area contributed by atoms with Gasteiger partial charge in [0.15, 0.2) is 0 Å². The Morgan fingerprint density at radius 1 is 1.43 bits per heavy atom. The summed E-state index contributed by atoms with van der Waals surface area (Å²) in [4.78, 5) is 11.8. The summed E-state index contributed by atoms with van der Waals surface area (Å²) in [5.41, 5.74) is 0.140. The van der Waals surface area contributed by atoms with Gasteiger partial charge in [0.05, 0.1) is 4.90 Å². The zero-order valence-corrected chi connectivity index (χ0v) is 13.3. The van der Waals surface area contributed by atoms with Crippen molar-refractivity contribution in [2.45, 2.75) is 51.0 Å². The number of carbonyl (C=O) groups is 1. The van der Waals surface area contributed by atoms with Gasteiger partial charge in [0.25, 0.3) is 5.91 Å². The van der Waals surface area contributed by atoms with Crippen molar-refractivity contribution in [1.29, 1.82) is 0 Å². The average Bonchev–Trinajstić information content (AvgIpc) is 2.37. The second-order valence-corrected chi connectivity index (χ2v) is 6.67. The number of hydrogen-bond donors (Lipinski definition) is 2.